The summed E-state index contributed by atoms with van der Waals surface area (Å²) in [5.41, 5.74) is 2.39. The van der Waals surface area contributed by atoms with E-state index in [1.807, 2.05) is 31.2 Å². The molecule has 0 unspecified atom stereocenters. The molecule has 0 spiro atoms. The molecule has 1 saturated carbocycles. The van der Waals surface area contributed by atoms with Crippen molar-refractivity contribution in [1.29, 1.82) is 0 Å². The molecule has 1 heterocycles. The van der Waals surface area contributed by atoms with Crippen LogP contribution in [0.5, 0.6) is 0 Å². The highest BCUT2D eigenvalue weighted by molar-refractivity contribution is 6.30. The molecule has 0 saturated heterocycles. The smallest absolute Gasteiger partial charge is 0.270 e. The van der Waals surface area contributed by atoms with Crippen LogP contribution in [0.3, 0.4) is 0 Å². The van der Waals surface area contributed by atoms with Gasteiger partial charge >= 0.3 is 0 Å². The Morgan fingerprint density at radius 3 is 2.62 bits per heavy atom. The summed E-state index contributed by atoms with van der Waals surface area (Å²) in [6.45, 7) is 2.57. The van der Waals surface area contributed by atoms with E-state index in [4.69, 9.17) is 11.6 Å². The fourth-order valence-corrected chi connectivity index (χ4v) is 3.37. The average molecular weight is 373 g/mol. The second kappa shape index (κ2) is 8.99. The van der Waals surface area contributed by atoms with E-state index in [1.165, 1.54) is 24.8 Å². The van der Waals surface area contributed by atoms with Crippen molar-refractivity contribution in [3.63, 3.8) is 0 Å². The Morgan fingerprint density at radius 1 is 1.15 bits per heavy atom. The standard InChI is InChI=1S/C20H25ClN4O/c1-14-13-18(19(26)24-17-5-3-2-4-6-17)25-20(23-14)22-12-11-15-7-9-16(21)10-8-15/h7-10,13,17H,2-6,11-12H2,1H3,(H,24,26)(H,22,23,25). The largest absolute Gasteiger partial charge is 0.354 e. The Bertz CT molecular complexity index is 742. The predicted octanol–water partition coefficient (Wildman–Crippen LogP) is 4.16. The molecule has 1 aromatic heterocycles. The summed E-state index contributed by atoms with van der Waals surface area (Å²) in [6, 6.07) is 9.78. The number of nitrogens with one attached hydrogen (secondary N) is 2. The number of amides is 1. The molecule has 1 amide bonds. The van der Waals surface area contributed by atoms with Crippen molar-refractivity contribution < 1.29 is 4.79 Å². The predicted molar refractivity (Wildman–Crippen MR) is 105 cm³/mol. The van der Waals surface area contributed by atoms with Gasteiger partial charge < -0.3 is 10.6 Å². The first kappa shape index (κ1) is 18.6. The number of hydrogen-bond acceptors (Lipinski definition) is 4. The van der Waals surface area contributed by atoms with Crippen molar-refractivity contribution in [2.24, 2.45) is 0 Å². The van der Waals surface area contributed by atoms with E-state index in [0.29, 0.717) is 18.2 Å². The number of aromatic nitrogens is 2. The van der Waals surface area contributed by atoms with Crippen LogP contribution in [0.1, 0.15) is 53.8 Å². The van der Waals surface area contributed by atoms with E-state index >= 15 is 0 Å². The van der Waals surface area contributed by atoms with Gasteiger partial charge in [-0.1, -0.05) is 43.0 Å². The second-order valence-corrected chi connectivity index (χ2v) is 7.27. The summed E-state index contributed by atoms with van der Waals surface area (Å²) in [5, 5.41) is 7.05. The van der Waals surface area contributed by atoms with E-state index in [0.717, 1.165) is 30.0 Å². The van der Waals surface area contributed by atoms with Crippen LogP contribution >= 0.6 is 11.6 Å². The molecular weight excluding hydrogens is 348 g/mol. The first-order valence-corrected chi connectivity index (χ1v) is 9.63. The lowest BCUT2D eigenvalue weighted by Gasteiger charge is -2.22. The molecule has 3 rings (SSSR count). The van der Waals surface area contributed by atoms with Crippen molar-refractivity contribution in [3.05, 3.63) is 52.3 Å². The van der Waals surface area contributed by atoms with Crippen molar-refractivity contribution in [1.82, 2.24) is 15.3 Å². The number of halogens is 1. The van der Waals surface area contributed by atoms with Crippen LogP contribution < -0.4 is 10.6 Å². The normalized spacial score (nSPS) is 14.8. The molecular formula is C20H25ClN4O. The molecule has 2 aromatic rings. The van der Waals surface area contributed by atoms with Crippen LogP contribution in [0.25, 0.3) is 0 Å². The highest BCUT2D eigenvalue weighted by Gasteiger charge is 2.18. The van der Waals surface area contributed by atoms with Gasteiger partial charge in [0.15, 0.2) is 0 Å². The average Bonchev–Trinajstić information content (AvgIpc) is 2.64. The zero-order valence-corrected chi connectivity index (χ0v) is 15.9. The van der Waals surface area contributed by atoms with Gasteiger partial charge in [0.2, 0.25) is 5.95 Å². The van der Waals surface area contributed by atoms with Gasteiger partial charge in [-0.3, -0.25) is 4.79 Å². The molecule has 6 heteroatoms. The van der Waals surface area contributed by atoms with Crippen LogP contribution in [0, 0.1) is 6.92 Å². The lowest BCUT2D eigenvalue weighted by atomic mass is 9.95. The zero-order chi connectivity index (χ0) is 18.4. The highest BCUT2D eigenvalue weighted by atomic mass is 35.5. The van der Waals surface area contributed by atoms with Crippen molar-refractivity contribution in [2.75, 3.05) is 11.9 Å². The minimum Gasteiger partial charge on any atom is -0.354 e. The monoisotopic (exact) mass is 372 g/mol. The maximum atomic E-state index is 12.5. The quantitative estimate of drug-likeness (QED) is 0.799. The van der Waals surface area contributed by atoms with Crippen LogP contribution in [-0.2, 0) is 6.42 Å². The maximum absolute atomic E-state index is 12.5. The number of aryl methyl sites for hydroxylation is 1. The molecule has 138 valence electrons. The lowest BCUT2D eigenvalue weighted by molar-refractivity contribution is 0.0922. The minimum atomic E-state index is -0.108. The molecule has 1 fully saturated rings. The number of anilines is 1. The molecule has 1 aliphatic rings. The van der Waals surface area contributed by atoms with E-state index < -0.39 is 0 Å². The van der Waals surface area contributed by atoms with Gasteiger partial charge in [-0.2, -0.15) is 0 Å². The van der Waals surface area contributed by atoms with Gasteiger partial charge in [-0.15, -0.1) is 0 Å². The van der Waals surface area contributed by atoms with Crippen molar-refractivity contribution in [2.45, 2.75) is 51.5 Å². The topological polar surface area (TPSA) is 66.9 Å². The van der Waals surface area contributed by atoms with Gasteiger partial charge in [-0.25, -0.2) is 9.97 Å². The van der Waals surface area contributed by atoms with Crippen LogP contribution in [-0.4, -0.2) is 28.5 Å². The van der Waals surface area contributed by atoms with E-state index in [1.54, 1.807) is 6.07 Å². The Hall–Kier alpha value is -2.14. The highest BCUT2D eigenvalue weighted by Crippen LogP contribution is 2.18. The molecule has 1 aromatic carbocycles. The number of nitrogens with zero attached hydrogens (tertiary/aromatic N) is 2. The van der Waals surface area contributed by atoms with Gasteiger partial charge in [0.25, 0.3) is 5.91 Å². The molecule has 2 N–H and O–H groups in total. The van der Waals surface area contributed by atoms with Crippen LogP contribution in [0.15, 0.2) is 30.3 Å². The Morgan fingerprint density at radius 2 is 1.88 bits per heavy atom. The summed E-state index contributed by atoms with van der Waals surface area (Å²) >= 11 is 5.90. The van der Waals surface area contributed by atoms with Crippen molar-refractivity contribution in [3.8, 4) is 0 Å². The first-order chi connectivity index (χ1) is 12.6. The molecule has 26 heavy (non-hydrogen) atoms. The van der Waals surface area contributed by atoms with E-state index in [-0.39, 0.29) is 11.9 Å². The summed E-state index contributed by atoms with van der Waals surface area (Å²) in [5.74, 6) is 0.385. The van der Waals surface area contributed by atoms with Gasteiger partial charge in [0.05, 0.1) is 0 Å². The molecule has 5 nitrogen and oxygen atoms in total. The number of benzene rings is 1. The Balaban J connectivity index is 1.57. The zero-order valence-electron chi connectivity index (χ0n) is 15.1. The third kappa shape index (κ3) is 5.43. The van der Waals surface area contributed by atoms with Crippen LogP contribution in [0.4, 0.5) is 5.95 Å². The Labute approximate surface area is 159 Å². The number of carbonyl (C=O) groups excluding carboxylic acids is 1. The molecule has 1 aliphatic carbocycles. The van der Waals surface area contributed by atoms with Gasteiger partial charge in [0.1, 0.15) is 5.69 Å². The fourth-order valence-electron chi connectivity index (χ4n) is 3.24. The minimum absolute atomic E-state index is 0.108. The number of hydrogen-bond donors (Lipinski definition) is 2. The maximum Gasteiger partial charge on any atom is 0.270 e. The third-order valence-electron chi connectivity index (χ3n) is 4.64. The number of carbonyl (C=O) groups is 1. The Kier molecular flexibility index (Phi) is 6.45. The SMILES string of the molecule is Cc1cc(C(=O)NC2CCCCC2)nc(NCCc2ccc(Cl)cc2)n1. The van der Waals surface area contributed by atoms with Crippen LogP contribution in [0.2, 0.25) is 5.02 Å². The third-order valence-corrected chi connectivity index (χ3v) is 4.89. The summed E-state index contributed by atoms with van der Waals surface area (Å²) in [7, 11) is 0. The second-order valence-electron chi connectivity index (χ2n) is 6.83. The van der Waals surface area contributed by atoms with E-state index in [9.17, 15) is 4.79 Å². The van der Waals surface area contributed by atoms with E-state index in [2.05, 4.69) is 20.6 Å². The van der Waals surface area contributed by atoms with Crippen molar-refractivity contribution >= 4 is 23.5 Å². The summed E-state index contributed by atoms with van der Waals surface area (Å²) in [6.07, 6.45) is 6.58. The molecule has 0 bridgehead atoms. The first-order valence-electron chi connectivity index (χ1n) is 9.25. The summed E-state index contributed by atoms with van der Waals surface area (Å²) in [4.78, 5) is 21.3. The lowest BCUT2D eigenvalue weighted by Crippen LogP contribution is -2.36. The number of rotatable bonds is 6. The molecule has 0 atom stereocenters. The van der Waals surface area contributed by atoms with Gasteiger partial charge in [0, 0.05) is 23.3 Å². The summed E-state index contributed by atoms with van der Waals surface area (Å²) < 4.78 is 0. The molecule has 0 aliphatic heterocycles. The fraction of sp³-hybridized carbons (Fsp3) is 0.450. The molecule has 0 radical (unpaired) electrons. The van der Waals surface area contributed by atoms with Gasteiger partial charge in [-0.05, 0) is 49.9 Å².